The number of aromatic amines is 2. The van der Waals surface area contributed by atoms with Gasteiger partial charge in [-0.15, -0.1) is 0 Å². The van der Waals surface area contributed by atoms with E-state index >= 15 is 0 Å². The fourth-order valence-corrected chi connectivity index (χ4v) is 6.69. The van der Waals surface area contributed by atoms with Gasteiger partial charge in [-0.3, -0.25) is 0 Å². The van der Waals surface area contributed by atoms with Crippen LogP contribution in [0.25, 0.3) is 44.2 Å². The fourth-order valence-electron chi connectivity index (χ4n) is 6.69. The molecule has 4 heterocycles. The molecule has 6 atom stereocenters. The van der Waals surface area contributed by atoms with Crippen LogP contribution in [-0.4, -0.2) is 32.0 Å². The van der Waals surface area contributed by atoms with Crippen molar-refractivity contribution in [2.24, 2.45) is 11.8 Å². The summed E-state index contributed by atoms with van der Waals surface area (Å²) in [5.41, 5.74) is 6.87. The van der Waals surface area contributed by atoms with E-state index in [0.717, 1.165) is 52.3 Å². The van der Waals surface area contributed by atoms with Crippen LogP contribution in [0.15, 0.2) is 60.8 Å². The van der Waals surface area contributed by atoms with Crippen molar-refractivity contribution in [1.29, 1.82) is 0 Å². The topological polar surface area (TPSA) is 81.4 Å². The summed E-state index contributed by atoms with van der Waals surface area (Å²) < 4.78 is 0. The number of fused-ring (bicyclic) bond motifs is 4. The lowest BCUT2D eigenvalue weighted by Crippen LogP contribution is -2.18. The molecule has 178 valence electrons. The molecule has 0 bridgehead atoms. The van der Waals surface area contributed by atoms with Gasteiger partial charge in [-0.1, -0.05) is 30.3 Å². The highest BCUT2D eigenvalue weighted by molar-refractivity contribution is 5.91. The lowest BCUT2D eigenvalue weighted by molar-refractivity contribution is 0.543. The number of H-pyrrole nitrogens is 2. The third-order valence-corrected chi connectivity index (χ3v) is 8.99. The van der Waals surface area contributed by atoms with Crippen molar-refractivity contribution in [3.8, 4) is 22.4 Å². The van der Waals surface area contributed by atoms with Crippen molar-refractivity contribution in [2.75, 3.05) is 0 Å². The molecule has 9 rings (SSSR count). The van der Waals surface area contributed by atoms with Gasteiger partial charge in [0.15, 0.2) is 0 Å². The molecule has 0 radical (unpaired) electrons. The van der Waals surface area contributed by atoms with Gasteiger partial charge in [-0.2, -0.15) is 0 Å². The van der Waals surface area contributed by atoms with Crippen LogP contribution in [0.2, 0.25) is 0 Å². The van der Waals surface area contributed by atoms with Crippen molar-refractivity contribution >= 4 is 21.8 Å². The van der Waals surface area contributed by atoms with Crippen LogP contribution in [0.3, 0.4) is 0 Å². The molecule has 2 saturated heterocycles. The van der Waals surface area contributed by atoms with Gasteiger partial charge in [0.1, 0.15) is 11.6 Å². The van der Waals surface area contributed by atoms with Gasteiger partial charge in [0.25, 0.3) is 0 Å². The first kappa shape index (κ1) is 19.7. The van der Waals surface area contributed by atoms with Crippen LogP contribution in [0.4, 0.5) is 0 Å². The Morgan fingerprint density at radius 2 is 1.31 bits per heavy atom. The highest BCUT2D eigenvalue weighted by atomic mass is 15.1. The van der Waals surface area contributed by atoms with Gasteiger partial charge in [-0.05, 0) is 83.7 Å². The predicted octanol–water partition coefficient (Wildman–Crippen LogP) is 5.62. The number of imidazole rings is 2. The number of nitrogens with one attached hydrogen (secondary N) is 4. The molecule has 2 saturated carbocycles. The van der Waals surface area contributed by atoms with E-state index in [-0.39, 0.29) is 0 Å². The molecule has 0 spiro atoms. The Bertz CT molecular complexity index is 1640. The molecule has 2 aliphatic heterocycles. The summed E-state index contributed by atoms with van der Waals surface area (Å²) in [6.45, 7) is 0. The summed E-state index contributed by atoms with van der Waals surface area (Å²) in [6.07, 6.45) is 7.08. The zero-order valence-corrected chi connectivity index (χ0v) is 20.0. The number of rotatable bonds is 4. The SMILES string of the molecule is c1cc2cc(-c3cnc([C@@H]4C[C@H]5C[C@H]5N4)[nH]3)ccc2cc1-c1ccc2nc([C@@H]3CC4C[C@H]4N3)[nH]c2c1. The molecule has 4 N–H and O–H groups in total. The number of nitrogens with zero attached hydrogens (tertiary/aromatic N) is 2. The molecule has 4 fully saturated rings. The van der Waals surface area contributed by atoms with Crippen molar-refractivity contribution in [3.63, 3.8) is 0 Å². The Labute approximate surface area is 208 Å². The van der Waals surface area contributed by atoms with Crippen molar-refractivity contribution in [1.82, 2.24) is 30.6 Å². The summed E-state index contributed by atoms with van der Waals surface area (Å²) in [4.78, 5) is 16.7. The summed E-state index contributed by atoms with van der Waals surface area (Å²) >= 11 is 0. The average molecular weight is 473 g/mol. The first-order valence-corrected chi connectivity index (χ1v) is 13.3. The Morgan fingerprint density at radius 1 is 0.639 bits per heavy atom. The Kier molecular flexibility index (Phi) is 3.86. The minimum absolute atomic E-state index is 0.380. The molecule has 4 aliphatic rings. The second-order valence-corrected chi connectivity index (χ2v) is 11.4. The largest absolute Gasteiger partial charge is 0.341 e. The fraction of sp³-hybridized carbons (Fsp3) is 0.333. The summed E-state index contributed by atoms with van der Waals surface area (Å²) in [7, 11) is 0. The molecule has 36 heavy (non-hydrogen) atoms. The quantitative estimate of drug-likeness (QED) is 0.274. The van der Waals surface area contributed by atoms with Crippen LogP contribution in [-0.2, 0) is 0 Å². The minimum atomic E-state index is 0.380. The number of aromatic nitrogens is 4. The van der Waals surface area contributed by atoms with E-state index in [0.29, 0.717) is 12.1 Å². The lowest BCUT2D eigenvalue weighted by atomic mass is 9.99. The van der Waals surface area contributed by atoms with E-state index in [1.807, 2.05) is 6.20 Å². The standard InChI is InChI=1S/C30H28N6/c1-2-17-8-19(28-14-31-29(36-28)26-12-20-10-23(20)32-26)4-3-15(17)7-16(1)18-5-6-22-25(9-18)35-30(34-22)27-13-21-11-24(21)33-27/h1-9,14,20-21,23-24,26-27,32-33H,10-13H2,(H,31,36)(H,34,35)/t20-,21?,23-,24-,26+,27+/m1/s1. The normalized spacial score (nSPS) is 30.1. The maximum absolute atomic E-state index is 4.88. The number of hydrogen-bond acceptors (Lipinski definition) is 4. The predicted molar refractivity (Wildman–Crippen MR) is 141 cm³/mol. The van der Waals surface area contributed by atoms with E-state index in [4.69, 9.17) is 9.97 Å². The number of hydrogen-bond donors (Lipinski definition) is 4. The van der Waals surface area contributed by atoms with Crippen molar-refractivity contribution in [2.45, 2.75) is 49.9 Å². The Morgan fingerprint density at radius 3 is 2.06 bits per heavy atom. The molecule has 0 amide bonds. The Balaban J connectivity index is 0.999. The third-order valence-electron chi connectivity index (χ3n) is 8.99. The van der Waals surface area contributed by atoms with E-state index in [1.54, 1.807) is 0 Å². The second-order valence-electron chi connectivity index (χ2n) is 11.4. The van der Waals surface area contributed by atoms with Crippen LogP contribution in [0, 0.1) is 11.8 Å². The summed E-state index contributed by atoms with van der Waals surface area (Å²) in [6, 6.07) is 22.2. The van der Waals surface area contributed by atoms with Gasteiger partial charge in [-0.25, -0.2) is 9.97 Å². The molecule has 2 aromatic heterocycles. The van der Waals surface area contributed by atoms with Gasteiger partial charge < -0.3 is 20.6 Å². The van der Waals surface area contributed by atoms with Crippen LogP contribution >= 0.6 is 0 Å². The third kappa shape index (κ3) is 3.11. The van der Waals surface area contributed by atoms with Gasteiger partial charge in [0, 0.05) is 17.6 Å². The van der Waals surface area contributed by atoms with Gasteiger partial charge in [0.2, 0.25) is 0 Å². The average Bonchev–Trinajstić information content (AvgIpc) is 3.49. The zero-order valence-electron chi connectivity index (χ0n) is 20.0. The first-order valence-electron chi connectivity index (χ1n) is 13.3. The van der Waals surface area contributed by atoms with Gasteiger partial charge in [0.05, 0.1) is 35.0 Å². The maximum Gasteiger partial charge on any atom is 0.124 e. The summed E-state index contributed by atoms with van der Waals surface area (Å²) in [5.74, 6) is 3.89. The van der Waals surface area contributed by atoms with Crippen molar-refractivity contribution < 1.29 is 0 Å². The Hall–Kier alpha value is -3.48. The number of piperidine rings is 2. The molecule has 3 aromatic carbocycles. The van der Waals surface area contributed by atoms with E-state index in [1.165, 1.54) is 53.1 Å². The summed E-state index contributed by atoms with van der Waals surface area (Å²) in [5, 5.41) is 9.87. The molecule has 6 nitrogen and oxygen atoms in total. The molecule has 5 aromatic rings. The molecular weight excluding hydrogens is 444 g/mol. The number of benzene rings is 3. The monoisotopic (exact) mass is 472 g/mol. The molecule has 2 aliphatic carbocycles. The van der Waals surface area contributed by atoms with E-state index < -0.39 is 0 Å². The maximum atomic E-state index is 4.88. The van der Waals surface area contributed by atoms with Crippen LogP contribution < -0.4 is 10.6 Å². The molecule has 6 heteroatoms. The molecule has 1 unspecified atom stereocenters. The highest BCUT2D eigenvalue weighted by Crippen LogP contribution is 2.46. The van der Waals surface area contributed by atoms with E-state index in [2.05, 4.69) is 75.2 Å². The van der Waals surface area contributed by atoms with Crippen LogP contribution in [0.5, 0.6) is 0 Å². The smallest absolute Gasteiger partial charge is 0.124 e. The first-order chi connectivity index (χ1) is 17.7. The van der Waals surface area contributed by atoms with Crippen molar-refractivity contribution in [3.05, 3.63) is 72.4 Å². The second kappa shape index (κ2) is 7.05. The lowest BCUT2D eigenvalue weighted by Gasteiger charge is -2.09. The minimum Gasteiger partial charge on any atom is -0.341 e. The highest BCUT2D eigenvalue weighted by Gasteiger charge is 2.47. The van der Waals surface area contributed by atoms with Crippen LogP contribution in [0.1, 0.15) is 49.4 Å². The van der Waals surface area contributed by atoms with Gasteiger partial charge >= 0.3 is 0 Å². The van der Waals surface area contributed by atoms with E-state index in [9.17, 15) is 0 Å². The molecular formula is C30H28N6. The zero-order chi connectivity index (χ0) is 23.4.